The first kappa shape index (κ1) is 9.69. The van der Waals surface area contributed by atoms with Gasteiger partial charge in [-0.05, 0) is 23.6 Å². The topological polar surface area (TPSA) is 62.7 Å². The predicted molar refractivity (Wildman–Crippen MR) is 50.8 cm³/mol. The van der Waals surface area contributed by atoms with Crippen LogP contribution in [0.2, 0.25) is 0 Å². The highest BCUT2D eigenvalue weighted by atomic mass is 14.7. The number of pyridine rings is 1. The molecule has 0 aliphatic carbocycles. The summed E-state index contributed by atoms with van der Waals surface area (Å²) in [5.74, 6) is 0. The lowest BCUT2D eigenvalue weighted by Crippen LogP contribution is -2.12. The van der Waals surface area contributed by atoms with Gasteiger partial charge in [0.2, 0.25) is 0 Å². The van der Waals surface area contributed by atoms with Crippen molar-refractivity contribution in [1.29, 1.82) is 5.26 Å². The van der Waals surface area contributed by atoms with E-state index < -0.39 is 0 Å². The zero-order chi connectivity index (χ0) is 9.68. The summed E-state index contributed by atoms with van der Waals surface area (Å²) in [6.07, 6.45) is 4.78. The van der Waals surface area contributed by atoms with E-state index in [9.17, 15) is 0 Å². The number of nitriles is 1. The average molecular weight is 175 g/mol. The molecule has 0 amide bonds. The zero-order valence-corrected chi connectivity index (χ0v) is 7.70. The molecule has 0 aromatic carbocycles. The van der Waals surface area contributed by atoms with E-state index in [2.05, 4.69) is 18.0 Å². The molecule has 0 aliphatic rings. The van der Waals surface area contributed by atoms with Crippen LogP contribution in [0.5, 0.6) is 0 Å². The third-order valence-electron chi connectivity index (χ3n) is 2.04. The van der Waals surface area contributed by atoms with Crippen LogP contribution in [0.3, 0.4) is 0 Å². The molecule has 1 rings (SSSR count). The number of hydrogen-bond acceptors (Lipinski definition) is 3. The van der Waals surface area contributed by atoms with Crippen molar-refractivity contribution in [3.05, 3.63) is 29.6 Å². The predicted octanol–water partition coefficient (Wildman–Crippen LogP) is 1.56. The summed E-state index contributed by atoms with van der Waals surface area (Å²) in [6, 6.07) is 3.82. The van der Waals surface area contributed by atoms with Crippen LogP contribution in [-0.4, -0.2) is 4.98 Å². The Hall–Kier alpha value is -1.40. The van der Waals surface area contributed by atoms with Crippen molar-refractivity contribution in [3.63, 3.8) is 0 Å². The van der Waals surface area contributed by atoms with Crippen molar-refractivity contribution in [3.8, 4) is 6.07 Å². The maximum Gasteiger partial charge on any atom is 0.0641 e. The Bertz CT molecular complexity index is 314. The van der Waals surface area contributed by atoms with Crippen LogP contribution in [0.15, 0.2) is 18.5 Å². The van der Waals surface area contributed by atoms with Gasteiger partial charge < -0.3 is 5.73 Å². The summed E-state index contributed by atoms with van der Waals surface area (Å²) in [4.78, 5) is 4.01. The average Bonchev–Trinajstić information content (AvgIpc) is 2.18. The Kier molecular flexibility index (Phi) is 3.41. The smallest absolute Gasteiger partial charge is 0.0641 e. The molecule has 0 saturated carbocycles. The SMILES string of the molecule is CCc1ccncc1[C@H](N)CC#N. The Morgan fingerprint density at radius 1 is 1.69 bits per heavy atom. The minimum atomic E-state index is -0.200. The van der Waals surface area contributed by atoms with Crippen molar-refractivity contribution in [2.75, 3.05) is 0 Å². The van der Waals surface area contributed by atoms with E-state index in [4.69, 9.17) is 11.0 Å². The summed E-state index contributed by atoms with van der Waals surface area (Å²) < 4.78 is 0. The molecule has 0 bridgehead atoms. The van der Waals surface area contributed by atoms with Gasteiger partial charge in [0.1, 0.15) is 0 Å². The number of nitrogens with zero attached hydrogens (tertiary/aromatic N) is 2. The molecule has 0 radical (unpaired) electrons. The molecule has 1 aromatic heterocycles. The second kappa shape index (κ2) is 4.58. The van der Waals surface area contributed by atoms with Gasteiger partial charge in [-0.3, -0.25) is 4.98 Å². The molecule has 1 atom stereocenters. The van der Waals surface area contributed by atoms with E-state index >= 15 is 0 Å². The Balaban J connectivity index is 2.93. The molecule has 1 aromatic rings. The van der Waals surface area contributed by atoms with Gasteiger partial charge in [0, 0.05) is 18.4 Å². The van der Waals surface area contributed by atoms with Crippen LogP contribution in [-0.2, 0) is 6.42 Å². The van der Waals surface area contributed by atoms with Crippen LogP contribution in [0.4, 0.5) is 0 Å². The number of aryl methyl sites for hydroxylation is 1. The molecule has 3 nitrogen and oxygen atoms in total. The number of nitrogens with two attached hydrogens (primary N) is 1. The van der Waals surface area contributed by atoms with E-state index in [-0.39, 0.29) is 6.04 Å². The van der Waals surface area contributed by atoms with E-state index in [0.29, 0.717) is 6.42 Å². The largest absolute Gasteiger partial charge is 0.323 e. The third-order valence-corrected chi connectivity index (χ3v) is 2.04. The quantitative estimate of drug-likeness (QED) is 0.758. The third kappa shape index (κ3) is 2.27. The highest BCUT2D eigenvalue weighted by Gasteiger charge is 2.08. The first-order chi connectivity index (χ1) is 6.29. The van der Waals surface area contributed by atoms with Crippen molar-refractivity contribution < 1.29 is 0 Å². The standard InChI is InChI=1S/C10H13N3/c1-2-8-4-6-13-7-9(8)10(12)3-5-11/h4,6-7,10H,2-3,12H2,1H3/t10-/m1/s1. The maximum absolute atomic E-state index is 8.51. The maximum atomic E-state index is 8.51. The molecule has 0 spiro atoms. The summed E-state index contributed by atoms with van der Waals surface area (Å²) in [6.45, 7) is 2.07. The molecule has 2 N–H and O–H groups in total. The first-order valence-corrected chi connectivity index (χ1v) is 4.35. The van der Waals surface area contributed by atoms with Gasteiger partial charge in [0.15, 0.2) is 0 Å². The van der Waals surface area contributed by atoms with Crippen LogP contribution in [0.1, 0.15) is 30.5 Å². The van der Waals surface area contributed by atoms with Crippen molar-refractivity contribution in [2.24, 2.45) is 5.73 Å². The van der Waals surface area contributed by atoms with Gasteiger partial charge in [-0.1, -0.05) is 6.92 Å². The van der Waals surface area contributed by atoms with Gasteiger partial charge in [-0.15, -0.1) is 0 Å². The van der Waals surface area contributed by atoms with Gasteiger partial charge in [-0.2, -0.15) is 5.26 Å². The molecule has 68 valence electrons. The Labute approximate surface area is 78.2 Å². The number of rotatable bonds is 3. The van der Waals surface area contributed by atoms with Gasteiger partial charge in [0.05, 0.1) is 12.5 Å². The van der Waals surface area contributed by atoms with Crippen molar-refractivity contribution in [2.45, 2.75) is 25.8 Å². The van der Waals surface area contributed by atoms with Gasteiger partial charge in [0.25, 0.3) is 0 Å². The van der Waals surface area contributed by atoms with E-state index in [0.717, 1.165) is 12.0 Å². The van der Waals surface area contributed by atoms with E-state index in [1.807, 2.05) is 6.07 Å². The lowest BCUT2D eigenvalue weighted by molar-refractivity contribution is 0.732. The van der Waals surface area contributed by atoms with Crippen LogP contribution in [0, 0.1) is 11.3 Å². The molecule has 0 unspecified atom stereocenters. The molecule has 0 saturated heterocycles. The zero-order valence-electron chi connectivity index (χ0n) is 7.70. The summed E-state index contributed by atoms with van der Waals surface area (Å²) in [5.41, 5.74) is 7.99. The number of aromatic nitrogens is 1. The van der Waals surface area contributed by atoms with E-state index in [1.54, 1.807) is 12.4 Å². The highest BCUT2D eigenvalue weighted by molar-refractivity contribution is 5.26. The Morgan fingerprint density at radius 3 is 3.08 bits per heavy atom. The van der Waals surface area contributed by atoms with Crippen molar-refractivity contribution in [1.82, 2.24) is 4.98 Å². The second-order valence-electron chi connectivity index (χ2n) is 2.90. The second-order valence-corrected chi connectivity index (χ2v) is 2.90. The lowest BCUT2D eigenvalue weighted by atomic mass is 10.0. The fraction of sp³-hybridized carbons (Fsp3) is 0.400. The summed E-state index contributed by atoms with van der Waals surface area (Å²) in [7, 11) is 0. The summed E-state index contributed by atoms with van der Waals surface area (Å²) in [5, 5.41) is 8.51. The molecule has 3 heteroatoms. The van der Waals surface area contributed by atoms with Gasteiger partial charge >= 0.3 is 0 Å². The molecule has 1 heterocycles. The lowest BCUT2D eigenvalue weighted by Gasteiger charge is -2.11. The first-order valence-electron chi connectivity index (χ1n) is 4.35. The molecular weight excluding hydrogens is 162 g/mol. The molecular formula is C10H13N3. The molecule has 0 aliphatic heterocycles. The monoisotopic (exact) mass is 175 g/mol. The number of hydrogen-bond donors (Lipinski definition) is 1. The van der Waals surface area contributed by atoms with Gasteiger partial charge in [-0.25, -0.2) is 0 Å². The van der Waals surface area contributed by atoms with Crippen molar-refractivity contribution >= 4 is 0 Å². The normalized spacial score (nSPS) is 12.1. The molecule has 0 fully saturated rings. The fourth-order valence-corrected chi connectivity index (χ4v) is 1.30. The van der Waals surface area contributed by atoms with Crippen LogP contribution in [0.25, 0.3) is 0 Å². The van der Waals surface area contributed by atoms with E-state index in [1.165, 1.54) is 5.56 Å². The fourth-order valence-electron chi connectivity index (χ4n) is 1.30. The van der Waals surface area contributed by atoms with Crippen LogP contribution >= 0.6 is 0 Å². The van der Waals surface area contributed by atoms with Crippen LogP contribution < -0.4 is 5.73 Å². The molecule has 13 heavy (non-hydrogen) atoms. The Morgan fingerprint density at radius 2 is 2.46 bits per heavy atom. The minimum Gasteiger partial charge on any atom is -0.323 e. The highest BCUT2D eigenvalue weighted by Crippen LogP contribution is 2.17. The minimum absolute atomic E-state index is 0.200. The summed E-state index contributed by atoms with van der Waals surface area (Å²) >= 11 is 0.